The molecule has 0 bridgehead atoms. The Kier molecular flexibility index (Phi) is 4.50. The van der Waals surface area contributed by atoms with E-state index in [0.29, 0.717) is 28.3 Å². The first-order valence-electron chi connectivity index (χ1n) is 8.38. The zero-order valence-corrected chi connectivity index (χ0v) is 15.9. The molecule has 2 aromatic carbocycles. The number of nitrogens with zero attached hydrogens (tertiary/aromatic N) is 2. The van der Waals surface area contributed by atoms with Crippen LogP contribution in [0.1, 0.15) is 11.1 Å². The van der Waals surface area contributed by atoms with Gasteiger partial charge in [0.25, 0.3) is 0 Å². The zero-order chi connectivity index (χ0) is 20.1. The highest BCUT2D eigenvalue weighted by molar-refractivity contribution is 7.91. The number of hydrogen-bond donors (Lipinski definition) is 0. The van der Waals surface area contributed by atoms with Crippen molar-refractivity contribution in [2.24, 2.45) is 0 Å². The van der Waals surface area contributed by atoms with Gasteiger partial charge in [-0.05, 0) is 35.9 Å². The van der Waals surface area contributed by atoms with Crippen molar-refractivity contribution in [1.82, 2.24) is 4.98 Å². The summed E-state index contributed by atoms with van der Waals surface area (Å²) in [7, 11) is -3.42. The number of aromatic nitrogens is 1. The summed E-state index contributed by atoms with van der Waals surface area (Å²) in [4.78, 5) is 6.49. The summed E-state index contributed by atoms with van der Waals surface area (Å²) in [5.41, 5.74) is 0.160. The Morgan fingerprint density at radius 3 is 2.57 bits per heavy atom. The van der Waals surface area contributed by atoms with E-state index < -0.39 is 21.6 Å². The number of sulfone groups is 1. The van der Waals surface area contributed by atoms with Crippen molar-refractivity contribution in [3.8, 4) is 0 Å². The Morgan fingerprint density at radius 2 is 1.82 bits per heavy atom. The lowest BCUT2D eigenvalue weighted by Gasteiger charge is -2.22. The smallest absolute Gasteiger partial charge is 0.351 e. The van der Waals surface area contributed by atoms with E-state index in [1.54, 1.807) is 29.2 Å². The summed E-state index contributed by atoms with van der Waals surface area (Å²) in [6, 6.07) is 11.4. The van der Waals surface area contributed by atoms with Crippen molar-refractivity contribution < 1.29 is 21.6 Å². The fraction of sp³-hybridized carbons (Fsp3) is 0.211. The summed E-state index contributed by atoms with van der Waals surface area (Å²) in [6.07, 6.45) is -4.47. The number of rotatable bonds is 1. The lowest BCUT2D eigenvalue weighted by atomic mass is 10.1. The maximum Gasteiger partial charge on any atom is 0.416 e. The van der Waals surface area contributed by atoms with Crippen LogP contribution < -0.4 is 4.90 Å². The Balaban J connectivity index is 1.78. The van der Waals surface area contributed by atoms with Gasteiger partial charge in [0.1, 0.15) is 5.82 Å². The van der Waals surface area contributed by atoms with Gasteiger partial charge in [0, 0.05) is 18.5 Å². The van der Waals surface area contributed by atoms with Crippen LogP contribution in [0.25, 0.3) is 10.9 Å². The van der Waals surface area contributed by atoms with Gasteiger partial charge in [0.15, 0.2) is 9.84 Å². The van der Waals surface area contributed by atoms with Crippen molar-refractivity contribution in [2.75, 3.05) is 17.2 Å². The monoisotopic (exact) mass is 426 g/mol. The second-order valence-electron chi connectivity index (χ2n) is 6.54. The summed E-state index contributed by atoms with van der Waals surface area (Å²) in [5, 5.41) is 0.328. The van der Waals surface area contributed by atoms with Gasteiger partial charge in [0.2, 0.25) is 0 Å². The van der Waals surface area contributed by atoms with E-state index >= 15 is 0 Å². The molecule has 3 aromatic rings. The standard InChI is InChI=1S/C19H14ClF3N2O2S/c20-15-10-18(24-16-6-5-13(9-14(15)16)19(21,22)23)25-7-8-28(26,27)17-4-2-1-3-12(17)11-25/h1-6,9-10H,7-8,11H2. The molecule has 9 heteroatoms. The molecular weight excluding hydrogens is 413 g/mol. The van der Waals surface area contributed by atoms with Crippen LogP contribution in [-0.2, 0) is 22.6 Å². The summed E-state index contributed by atoms with van der Waals surface area (Å²) in [6.45, 7) is 0.511. The quantitative estimate of drug-likeness (QED) is 0.566. The van der Waals surface area contributed by atoms with E-state index in [9.17, 15) is 21.6 Å². The topological polar surface area (TPSA) is 50.3 Å². The van der Waals surface area contributed by atoms with Gasteiger partial charge >= 0.3 is 6.18 Å². The fourth-order valence-electron chi connectivity index (χ4n) is 3.27. The second kappa shape index (κ2) is 6.63. The molecule has 0 radical (unpaired) electrons. The zero-order valence-electron chi connectivity index (χ0n) is 14.4. The summed E-state index contributed by atoms with van der Waals surface area (Å²) < 4.78 is 63.8. The molecule has 0 fully saturated rings. The van der Waals surface area contributed by atoms with Crippen molar-refractivity contribution >= 4 is 38.2 Å². The molecular formula is C19H14ClF3N2O2S. The molecule has 0 N–H and O–H groups in total. The van der Waals surface area contributed by atoms with Crippen LogP contribution in [0.4, 0.5) is 19.0 Å². The van der Waals surface area contributed by atoms with Gasteiger partial charge < -0.3 is 4.90 Å². The van der Waals surface area contributed by atoms with E-state index in [0.717, 1.165) is 12.1 Å². The van der Waals surface area contributed by atoms with Crippen molar-refractivity contribution in [2.45, 2.75) is 17.6 Å². The number of halogens is 4. The molecule has 0 spiro atoms. The molecule has 0 saturated heterocycles. The number of anilines is 1. The van der Waals surface area contributed by atoms with Gasteiger partial charge in [-0.2, -0.15) is 13.2 Å². The molecule has 1 aromatic heterocycles. The average Bonchev–Trinajstić information content (AvgIpc) is 2.77. The van der Waals surface area contributed by atoms with Crippen LogP contribution in [-0.4, -0.2) is 25.7 Å². The van der Waals surface area contributed by atoms with Crippen LogP contribution in [0.5, 0.6) is 0 Å². The highest BCUT2D eigenvalue weighted by Crippen LogP contribution is 2.35. The maximum atomic E-state index is 12.9. The molecule has 28 heavy (non-hydrogen) atoms. The van der Waals surface area contributed by atoms with Gasteiger partial charge in [-0.3, -0.25) is 0 Å². The van der Waals surface area contributed by atoms with Crippen LogP contribution in [0.15, 0.2) is 53.4 Å². The highest BCUT2D eigenvalue weighted by Gasteiger charge is 2.31. The second-order valence-corrected chi connectivity index (χ2v) is 9.02. The number of benzene rings is 2. The molecule has 2 heterocycles. The Labute approximate surface area is 164 Å². The van der Waals surface area contributed by atoms with E-state index in [1.807, 2.05) is 0 Å². The first kappa shape index (κ1) is 19.0. The third-order valence-corrected chi connectivity index (χ3v) is 6.80. The number of fused-ring (bicyclic) bond motifs is 2. The predicted octanol–water partition coefficient (Wildman–Crippen LogP) is 4.70. The van der Waals surface area contributed by atoms with Gasteiger partial charge in [-0.1, -0.05) is 29.8 Å². The minimum Gasteiger partial charge on any atom is -0.351 e. The van der Waals surface area contributed by atoms with E-state index in [4.69, 9.17) is 11.6 Å². The maximum absolute atomic E-state index is 12.9. The van der Waals surface area contributed by atoms with Crippen LogP contribution in [0, 0.1) is 0 Å². The van der Waals surface area contributed by atoms with Gasteiger partial charge in [0.05, 0.1) is 26.8 Å². The molecule has 4 nitrogen and oxygen atoms in total. The van der Waals surface area contributed by atoms with Crippen molar-refractivity contribution in [3.05, 3.63) is 64.7 Å². The van der Waals surface area contributed by atoms with E-state index in [2.05, 4.69) is 4.98 Å². The lowest BCUT2D eigenvalue weighted by Crippen LogP contribution is -2.26. The molecule has 1 aliphatic rings. The van der Waals surface area contributed by atoms with E-state index in [-0.39, 0.29) is 22.7 Å². The van der Waals surface area contributed by atoms with Crippen molar-refractivity contribution in [1.29, 1.82) is 0 Å². The number of pyridine rings is 1. The normalized spacial score (nSPS) is 16.6. The Bertz CT molecular complexity index is 1180. The SMILES string of the molecule is O=S1(=O)CCN(c2cc(Cl)c3cc(C(F)(F)F)ccc3n2)Cc2ccccc21. The first-order chi connectivity index (χ1) is 13.1. The molecule has 0 saturated carbocycles. The van der Waals surface area contributed by atoms with Gasteiger partial charge in [-0.25, -0.2) is 13.4 Å². The Morgan fingerprint density at radius 1 is 1.07 bits per heavy atom. The molecule has 146 valence electrons. The lowest BCUT2D eigenvalue weighted by molar-refractivity contribution is -0.137. The average molecular weight is 427 g/mol. The minimum atomic E-state index is -4.47. The fourth-order valence-corrected chi connectivity index (χ4v) is 5.02. The van der Waals surface area contributed by atoms with Crippen LogP contribution in [0.3, 0.4) is 0 Å². The molecule has 0 aliphatic carbocycles. The molecule has 0 atom stereocenters. The van der Waals surface area contributed by atoms with Crippen LogP contribution in [0.2, 0.25) is 5.02 Å². The van der Waals surface area contributed by atoms with E-state index in [1.165, 1.54) is 12.1 Å². The molecule has 1 aliphatic heterocycles. The first-order valence-corrected chi connectivity index (χ1v) is 10.4. The molecule has 4 rings (SSSR count). The third-order valence-electron chi connectivity index (χ3n) is 4.69. The third kappa shape index (κ3) is 3.42. The number of alkyl halides is 3. The highest BCUT2D eigenvalue weighted by atomic mass is 35.5. The Hall–Kier alpha value is -2.32. The minimum absolute atomic E-state index is 0.0889. The van der Waals surface area contributed by atoms with Crippen LogP contribution >= 0.6 is 11.6 Å². The predicted molar refractivity (Wildman–Crippen MR) is 101 cm³/mol. The summed E-state index contributed by atoms with van der Waals surface area (Å²) >= 11 is 6.25. The van der Waals surface area contributed by atoms with Gasteiger partial charge in [-0.15, -0.1) is 0 Å². The molecule has 0 amide bonds. The molecule has 0 unspecified atom stereocenters. The largest absolute Gasteiger partial charge is 0.416 e. The summed E-state index contributed by atoms with van der Waals surface area (Å²) in [5.74, 6) is 0.332. The van der Waals surface area contributed by atoms with Crippen molar-refractivity contribution in [3.63, 3.8) is 0 Å². The number of hydrogen-bond acceptors (Lipinski definition) is 4.